The van der Waals surface area contributed by atoms with Crippen LogP contribution >= 0.6 is 24.0 Å². The van der Waals surface area contributed by atoms with Gasteiger partial charge in [0, 0.05) is 12.6 Å². The standard InChI is InChI=1S/C19H23ClN2O3.ClH/c1-12(13-4-6-14(24-2)7-5-13)8-9-22-19(23)15-10-16(20)17(21)11-18(15)25-3;/h4-7,10-12H,8-9,21H2,1-3H3,(H,22,23);1H. The number of hydrogen-bond acceptors (Lipinski definition) is 4. The summed E-state index contributed by atoms with van der Waals surface area (Å²) in [7, 11) is 3.14. The van der Waals surface area contributed by atoms with Crippen LogP contribution in [0.5, 0.6) is 11.5 Å². The molecule has 0 aliphatic heterocycles. The largest absolute Gasteiger partial charge is 0.497 e. The zero-order chi connectivity index (χ0) is 18.4. The number of carbonyl (C=O) groups is 1. The summed E-state index contributed by atoms with van der Waals surface area (Å²) in [5.74, 6) is 1.31. The molecular formula is C19H24Cl2N2O3. The number of nitrogen functional groups attached to an aromatic ring is 1. The molecule has 0 radical (unpaired) electrons. The Balaban J connectivity index is 0.00000338. The van der Waals surface area contributed by atoms with Gasteiger partial charge in [0.1, 0.15) is 11.5 Å². The first-order valence-corrected chi connectivity index (χ1v) is 8.39. The number of methoxy groups -OCH3 is 2. The van der Waals surface area contributed by atoms with Crippen molar-refractivity contribution >= 4 is 35.6 Å². The molecule has 2 aromatic carbocycles. The zero-order valence-electron chi connectivity index (χ0n) is 15.0. The number of rotatable bonds is 7. The Morgan fingerprint density at radius 1 is 1.19 bits per heavy atom. The van der Waals surface area contributed by atoms with E-state index in [9.17, 15) is 4.79 Å². The number of nitrogens with one attached hydrogen (secondary N) is 1. The van der Waals surface area contributed by atoms with Crippen molar-refractivity contribution in [1.29, 1.82) is 0 Å². The summed E-state index contributed by atoms with van der Waals surface area (Å²) in [6.07, 6.45) is 0.809. The lowest BCUT2D eigenvalue weighted by Gasteiger charge is -2.14. The van der Waals surface area contributed by atoms with E-state index in [-0.39, 0.29) is 18.3 Å². The predicted molar refractivity (Wildman–Crippen MR) is 108 cm³/mol. The van der Waals surface area contributed by atoms with Crippen molar-refractivity contribution in [2.24, 2.45) is 0 Å². The minimum atomic E-state index is -0.235. The second-order valence-electron chi connectivity index (χ2n) is 5.79. The Morgan fingerprint density at radius 3 is 2.42 bits per heavy atom. The van der Waals surface area contributed by atoms with E-state index < -0.39 is 0 Å². The highest BCUT2D eigenvalue weighted by atomic mass is 35.5. The number of halogens is 2. The third kappa shape index (κ3) is 5.44. The summed E-state index contributed by atoms with van der Waals surface area (Å²) in [5, 5.41) is 3.23. The molecule has 5 nitrogen and oxygen atoms in total. The van der Waals surface area contributed by atoms with Crippen LogP contribution in [0, 0.1) is 0 Å². The van der Waals surface area contributed by atoms with Gasteiger partial charge in [-0.2, -0.15) is 0 Å². The lowest BCUT2D eigenvalue weighted by molar-refractivity contribution is 0.0949. The van der Waals surface area contributed by atoms with Crippen molar-refractivity contribution in [3.8, 4) is 11.5 Å². The highest BCUT2D eigenvalue weighted by Crippen LogP contribution is 2.29. The summed E-state index contributed by atoms with van der Waals surface area (Å²) < 4.78 is 10.4. The molecule has 0 saturated heterocycles. The van der Waals surface area contributed by atoms with Crippen LogP contribution in [-0.2, 0) is 0 Å². The Hall–Kier alpha value is -2.11. The van der Waals surface area contributed by atoms with E-state index in [0.717, 1.165) is 12.2 Å². The molecule has 0 saturated carbocycles. The van der Waals surface area contributed by atoms with Crippen LogP contribution in [0.3, 0.4) is 0 Å². The van der Waals surface area contributed by atoms with E-state index >= 15 is 0 Å². The maximum atomic E-state index is 12.4. The van der Waals surface area contributed by atoms with Crippen molar-refractivity contribution in [1.82, 2.24) is 5.32 Å². The van der Waals surface area contributed by atoms with Crippen LogP contribution < -0.4 is 20.5 Å². The van der Waals surface area contributed by atoms with E-state index in [1.807, 2.05) is 24.3 Å². The van der Waals surface area contributed by atoms with Gasteiger partial charge in [-0.05, 0) is 36.1 Å². The highest BCUT2D eigenvalue weighted by Gasteiger charge is 2.15. The lowest BCUT2D eigenvalue weighted by Crippen LogP contribution is -2.26. The number of amides is 1. The third-order valence-corrected chi connectivity index (χ3v) is 4.44. The van der Waals surface area contributed by atoms with E-state index in [1.165, 1.54) is 18.7 Å². The Kier molecular flexibility index (Phi) is 8.55. The summed E-state index contributed by atoms with van der Waals surface area (Å²) in [5.41, 5.74) is 7.69. The van der Waals surface area contributed by atoms with Crippen LogP contribution in [0.25, 0.3) is 0 Å². The molecule has 26 heavy (non-hydrogen) atoms. The predicted octanol–water partition coefficient (Wildman–Crippen LogP) is 4.28. The minimum Gasteiger partial charge on any atom is -0.497 e. The second kappa shape index (κ2) is 10.1. The first-order chi connectivity index (χ1) is 12.0. The average Bonchev–Trinajstić information content (AvgIpc) is 2.63. The normalized spacial score (nSPS) is 11.2. The molecule has 1 atom stereocenters. The van der Waals surface area contributed by atoms with Gasteiger partial charge in [0.05, 0.1) is 30.5 Å². The van der Waals surface area contributed by atoms with Gasteiger partial charge in [-0.1, -0.05) is 30.7 Å². The fourth-order valence-corrected chi connectivity index (χ4v) is 2.68. The van der Waals surface area contributed by atoms with Crippen molar-refractivity contribution in [2.75, 3.05) is 26.5 Å². The Bertz CT molecular complexity index is 736. The van der Waals surface area contributed by atoms with Crippen LogP contribution in [-0.4, -0.2) is 26.7 Å². The van der Waals surface area contributed by atoms with Gasteiger partial charge >= 0.3 is 0 Å². The molecule has 1 amide bonds. The van der Waals surface area contributed by atoms with Crippen LogP contribution in [0.1, 0.15) is 35.2 Å². The maximum absolute atomic E-state index is 12.4. The Morgan fingerprint density at radius 2 is 1.85 bits per heavy atom. The number of hydrogen-bond donors (Lipinski definition) is 2. The van der Waals surface area contributed by atoms with Crippen molar-refractivity contribution in [3.05, 3.63) is 52.5 Å². The zero-order valence-corrected chi connectivity index (χ0v) is 16.6. The summed E-state index contributed by atoms with van der Waals surface area (Å²) in [6.45, 7) is 2.66. The van der Waals surface area contributed by atoms with Gasteiger partial charge in [0.25, 0.3) is 5.91 Å². The van der Waals surface area contributed by atoms with Gasteiger partial charge in [-0.15, -0.1) is 12.4 Å². The monoisotopic (exact) mass is 398 g/mol. The van der Waals surface area contributed by atoms with E-state index in [1.54, 1.807) is 13.2 Å². The Labute approximate surface area is 165 Å². The highest BCUT2D eigenvalue weighted by molar-refractivity contribution is 6.33. The molecule has 0 fully saturated rings. The number of ether oxygens (including phenoxy) is 2. The van der Waals surface area contributed by atoms with Gasteiger partial charge in [-0.25, -0.2) is 0 Å². The van der Waals surface area contributed by atoms with Crippen LogP contribution in [0.15, 0.2) is 36.4 Å². The van der Waals surface area contributed by atoms with Crippen molar-refractivity contribution < 1.29 is 14.3 Å². The SMILES string of the molecule is COc1ccc(C(C)CCNC(=O)c2cc(Cl)c(N)cc2OC)cc1.Cl. The molecule has 7 heteroatoms. The molecule has 142 valence electrons. The van der Waals surface area contributed by atoms with Crippen LogP contribution in [0.2, 0.25) is 5.02 Å². The quantitative estimate of drug-likeness (QED) is 0.682. The van der Waals surface area contributed by atoms with Crippen LogP contribution in [0.4, 0.5) is 5.69 Å². The molecule has 0 spiro atoms. The fraction of sp³-hybridized carbons (Fsp3) is 0.316. The topological polar surface area (TPSA) is 73.6 Å². The molecule has 0 heterocycles. The number of nitrogens with two attached hydrogens (primary N) is 1. The third-order valence-electron chi connectivity index (χ3n) is 4.11. The fourth-order valence-electron chi connectivity index (χ4n) is 2.51. The summed E-state index contributed by atoms with van der Waals surface area (Å²) in [6, 6.07) is 11.0. The molecule has 0 bridgehead atoms. The molecule has 0 aliphatic rings. The molecular weight excluding hydrogens is 375 g/mol. The van der Waals surface area contributed by atoms with Gasteiger partial charge < -0.3 is 20.5 Å². The summed E-state index contributed by atoms with van der Waals surface area (Å²) in [4.78, 5) is 12.4. The van der Waals surface area contributed by atoms with Gasteiger partial charge in [-0.3, -0.25) is 4.79 Å². The molecule has 3 N–H and O–H groups in total. The molecule has 2 aromatic rings. The smallest absolute Gasteiger partial charge is 0.255 e. The van der Waals surface area contributed by atoms with Gasteiger partial charge in [0.2, 0.25) is 0 Å². The number of benzene rings is 2. The number of anilines is 1. The van der Waals surface area contributed by atoms with Crippen molar-refractivity contribution in [3.63, 3.8) is 0 Å². The minimum absolute atomic E-state index is 0. The molecule has 0 aromatic heterocycles. The summed E-state index contributed by atoms with van der Waals surface area (Å²) >= 11 is 6.01. The van der Waals surface area contributed by atoms with E-state index in [4.69, 9.17) is 26.8 Å². The second-order valence-corrected chi connectivity index (χ2v) is 6.20. The van der Waals surface area contributed by atoms with E-state index in [2.05, 4.69) is 12.2 Å². The lowest BCUT2D eigenvalue weighted by atomic mass is 9.98. The molecule has 2 rings (SSSR count). The molecule has 1 unspecified atom stereocenters. The van der Waals surface area contributed by atoms with Gasteiger partial charge in [0.15, 0.2) is 0 Å². The van der Waals surface area contributed by atoms with E-state index in [0.29, 0.717) is 34.5 Å². The molecule has 0 aliphatic carbocycles. The van der Waals surface area contributed by atoms with Crippen molar-refractivity contribution in [2.45, 2.75) is 19.3 Å². The maximum Gasteiger partial charge on any atom is 0.255 e. The average molecular weight is 399 g/mol. The number of carbonyl (C=O) groups excluding carboxylic acids is 1. The first-order valence-electron chi connectivity index (χ1n) is 8.01. The first kappa shape index (κ1) is 21.9.